The predicted octanol–water partition coefficient (Wildman–Crippen LogP) is 2.28. The number of nitrogens with zero attached hydrogens (tertiary/aromatic N) is 2. The molecule has 0 spiro atoms. The Morgan fingerprint density at radius 3 is 2.90 bits per heavy atom. The van der Waals surface area contributed by atoms with Crippen LogP contribution in [0.1, 0.15) is 12.8 Å². The number of nitriles is 1. The van der Waals surface area contributed by atoms with Gasteiger partial charge in [0.2, 0.25) is 10.0 Å². The zero-order valence-corrected chi connectivity index (χ0v) is 13.1. The zero-order chi connectivity index (χ0) is 15.3. The number of rotatable bonds is 6. The molecule has 1 aliphatic heterocycles. The standard InChI is InChI=1S/C14H17ClN2O3S/c15-13-3-1-4-14(9-13)21(18,19)17(7-2-6-16)10-12-5-8-20-11-12/h1,3-4,9,12H,2,5,7-8,10-11H2/t12-/m0/s1. The van der Waals surface area contributed by atoms with Crippen LogP contribution in [0.3, 0.4) is 0 Å². The van der Waals surface area contributed by atoms with E-state index >= 15 is 0 Å². The predicted molar refractivity (Wildman–Crippen MR) is 79.4 cm³/mol. The van der Waals surface area contributed by atoms with Crippen LogP contribution in [-0.2, 0) is 14.8 Å². The zero-order valence-electron chi connectivity index (χ0n) is 11.5. The average Bonchev–Trinajstić information content (AvgIpc) is 2.96. The normalized spacial score (nSPS) is 18.8. The highest BCUT2D eigenvalue weighted by Gasteiger charge is 2.28. The Morgan fingerprint density at radius 1 is 1.48 bits per heavy atom. The molecule has 114 valence electrons. The van der Waals surface area contributed by atoms with Crippen LogP contribution >= 0.6 is 11.6 Å². The summed E-state index contributed by atoms with van der Waals surface area (Å²) in [7, 11) is -3.64. The van der Waals surface area contributed by atoms with Gasteiger partial charge in [-0.15, -0.1) is 0 Å². The molecule has 1 saturated heterocycles. The maximum Gasteiger partial charge on any atom is 0.243 e. The van der Waals surface area contributed by atoms with E-state index in [1.807, 2.05) is 6.07 Å². The summed E-state index contributed by atoms with van der Waals surface area (Å²) in [4.78, 5) is 0.159. The topological polar surface area (TPSA) is 70.4 Å². The van der Waals surface area contributed by atoms with Gasteiger partial charge in [0.25, 0.3) is 0 Å². The number of hydrogen-bond donors (Lipinski definition) is 0. The Balaban J connectivity index is 2.23. The lowest BCUT2D eigenvalue weighted by Crippen LogP contribution is -2.36. The Morgan fingerprint density at radius 2 is 2.29 bits per heavy atom. The van der Waals surface area contributed by atoms with Gasteiger partial charge in [-0.2, -0.15) is 9.57 Å². The molecule has 1 atom stereocenters. The maximum absolute atomic E-state index is 12.7. The van der Waals surface area contributed by atoms with E-state index in [-0.39, 0.29) is 23.8 Å². The lowest BCUT2D eigenvalue weighted by Gasteiger charge is -2.23. The van der Waals surface area contributed by atoms with Gasteiger partial charge in [0.1, 0.15) is 0 Å². The number of benzene rings is 1. The first-order chi connectivity index (χ1) is 10.0. The van der Waals surface area contributed by atoms with Crippen molar-refractivity contribution in [2.75, 3.05) is 26.3 Å². The van der Waals surface area contributed by atoms with Crippen LogP contribution in [0.4, 0.5) is 0 Å². The van der Waals surface area contributed by atoms with E-state index in [1.54, 1.807) is 12.1 Å². The van der Waals surface area contributed by atoms with Gasteiger partial charge >= 0.3 is 0 Å². The smallest absolute Gasteiger partial charge is 0.243 e. The molecule has 0 bridgehead atoms. The van der Waals surface area contributed by atoms with Crippen LogP contribution in [0, 0.1) is 17.2 Å². The molecule has 1 aromatic rings. The number of hydrogen-bond acceptors (Lipinski definition) is 4. The van der Waals surface area contributed by atoms with Gasteiger partial charge in [0.05, 0.1) is 17.6 Å². The number of halogens is 1. The summed E-state index contributed by atoms with van der Waals surface area (Å²) in [6.45, 7) is 1.78. The fourth-order valence-corrected chi connectivity index (χ4v) is 4.09. The molecule has 1 heterocycles. The van der Waals surface area contributed by atoms with Gasteiger partial charge in [-0.25, -0.2) is 8.42 Å². The van der Waals surface area contributed by atoms with Crippen molar-refractivity contribution in [1.82, 2.24) is 4.31 Å². The van der Waals surface area contributed by atoms with Gasteiger partial charge in [0.15, 0.2) is 0 Å². The van der Waals surface area contributed by atoms with Crippen LogP contribution < -0.4 is 0 Å². The van der Waals surface area contributed by atoms with Gasteiger partial charge in [-0.1, -0.05) is 17.7 Å². The Hall–Kier alpha value is -1.13. The molecule has 2 rings (SSSR count). The fraction of sp³-hybridized carbons (Fsp3) is 0.500. The van der Waals surface area contributed by atoms with Crippen molar-refractivity contribution in [3.05, 3.63) is 29.3 Å². The second-order valence-corrected chi connectivity index (χ2v) is 7.33. The van der Waals surface area contributed by atoms with Crippen molar-refractivity contribution >= 4 is 21.6 Å². The monoisotopic (exact) mass is 328 g/mol. The van der Waals surface area contributed by atoms with E-state index in [4.69, 9.17) is 21.6 Å². The minimum absolute atomic E-state index is 0.159. The Labute approximate surface area is 130 Å². The molecule has 7 heteroatoms. The van der Waals surface area contributed by atoms with E-state index < -0.39 is 10.0 Å². The summed E-state index contributed by atoms with van der Waals surface area (Å²) in [6.07, 6.45) is 1.00. The summed E-state index contributed by atoms with van der Waals surface area (Å²) >= 11 is 5.87. The van der Waals surface area contributed by atoms with Crippen molar-refractivity contribution in [1.29, 1.82) is 5.26 Å². The molecule has 1 fully saturated rings. The van der Waals surface area contributed by atoms with Crippen LogP contribution in [0.2, 0.25) is 5.02 Å². The molecule has 1 aliphatic rings. The van der Waals surface area contributed by atoms with Gasteiger partial charge in [-0.05, 0) is 30.5 Å². The Bertz CT molecular complexity index is 621. The van der Waals surface area contributed by atoms with Crippen LogP contribution in [0.5, 0.6) is 0 Å². The van der Waals surface area contributed by atoms with Crippen molar-refractivity contribution < 1.29 is 13.2 Å². The first kappa shape index (κ1) is 16.2. The number of ether oxygens (including phenoxy) is 1. The van der Waals surface area contributed by atoms with E-state index in [1.165, 1.54) is 16.4 Å². The van der Waals surface area contributed by atoms with Crippen molar-refractivity contribution in [3.8, 4) is 6.07 Å². The van der Waals surface area contributed by atoms with Crippen molar-refractivity contribution in [3.63, 3.8) is 0 Å². The van der Waals surface area contributed by atoms with Crippen molar-refractivity contribution in [2.24, 2.45) is 5.92 Å². The van der Waals surface area contributed by atoms with E-state index in [2.05, 4.69) is 0 Å². The highest BCUT2D eigenvalue weighted by Crippen LogP contribution is 2.23. The second kappa shape index (κ2) is 7.23. The minimum Gasteiger partial charge on any atom is -0.381 e. The Kier molecular flexibility index (Phi) is 5.59. The van der Waals surface area contributed by atoms with E-state index in [0.29, 0.717) is 24.8 Å². The molecule has 0 amide bonds. The molecule has 0 unspecified atom stereocenters. The molecule has 0 saturated carbocycles. The minimum atomic E-state index is -3.64. The molecular formula is C14H17ClN2O3S. The van der Waals surface area contributed by atoms with Gasteiger partial charge in [0, 0.05) is 31.1 Å². The van der Waals surface area contributed by atoms with E-state index in [9.17, 15) is 8.42 Å². The number of sulfonamides is 1. The highest BCUT2D eigenvalue weighted by molar-refractivity contribution is 7.89. The molecule has 1 aromatic carbocycles. The molecule has 5 nitrogen and oxygen atoms in total. The summed E-state index contributed by atoms with van der Waals surface area (Å²) in [6, 6.07) is 8.18. The first-order valence-electron chi connectivity index (χ1n) is 6.74. The third-order valence-electron chi connectivity index (χ3n) is 3.39. The van der Waals surface area contributed by atoms with Crippen LogP contribution in [0.25, 0.3) is 0 Å². The molecular weight excluding hydrogens is 312 g/mol. The summed E-state index contributed by atoms with van der Waals surface area (Å²) in [5.74, 6) is 0.178. The fourth-order valence-electron chi connectivity index (χ4n) is 2.28. The molecule has 21 heavy (non-hydrogen) atoms. The maximum atomic E-state index is 12.7. The third-order valence-corrected chi connectivity index (χ3v) is 5.49. The lowest BCUT2D eigenvalue weighted by molar-refractivity contribution is 0.180. The second-order valence-electron chi connectivity index (χ2n) is 4.96. The molecule has 0 aliphatic carbocycles. The quantitative estimate of drug-likeness (QED) is 0.803. The van der Waals surface area contributed by atoms with Crippen molar-refractivity contribution in [2.45, 2.75) is 17.7 Å². The summed E-state index contributed by atoms with van der Waals surface area (Å²) in [5, 5.41) is 9.11. The van der Waals surface area contributed by atoms with Crippen LogP contribution in [0.15, 0.2) is 29.2 Å². The molecule has 0 N–H and O–H groups in total. The summed E-state index contributed by atoms with van der Waals surface area (Å²) in [5.41, 5.74) is 0. The summed E-state index contributed by atoms with van der Waals surface area (Å²) < 4.78 is 32.0. The average molecular weight is 329 g/mol. The first-order valence-corrected chi connectivity index (χ1v) is 8.56. The largest absolute Gasteiger partial charge is 0.381 e. The third kappa shape index (κ3) is 4.17. The molecule has 0 radical (unpaired) electrons. The van der Waals surface area contributed by atoms with E-state index in [0.717, 1.165) is 6.42 Å². The highest BCUT2D eigenvalue weighted by atomic mass is 35.5. The SMILES string of the molecule is N#CCCN(C[C@@H]1CCOC1)S(=O)(=O)c1cccc(Cl)c1. The lowest BCUT2D eigenvalue weighted by atomic mass is 10.1. The van der Waals surface area contributed by atoms with Crippen LogP contribution in [-0.4, -0.2) is 39.0 Å². The van der Waals surface area contributed by atoms with Gasteiger partial charge < -0.3 is 4.74 Å². The molecule has 0 aromatic heterocycles. The van der Waals surface area contributed by atoms with Gasteiger partial charge in [-0.3, -0.25) is 0 Å².